The van der Waals surface area contributed by atoms with E-state index in [-0.39, 0.29) is 12.3 Å². The van der Waals surface area contributed by atoms with Gasteiger partial charge in [-0.15, -0.1) is 0 Å². The molecule has 0 bridgehead atoms. The first-order valence-corrected chi connectivity index (χ1v) is 5.88. The summed E-state index contributed by atoms with van der Waals surface area (Å²) in [6.07, 6.45) is 4.78. The molecule has 0 saturated heterocycles. The van der Waals surface area contributed by atoms with Crippen molar-refractivity contribution in [3.8, 4) is 6.07 Å². The molecule has 8 heteroatoms. The summed E-state index contributed by atoms with van der Waals surface area (Å²) in [5.41, 5.74) is 0.331. The maximum atomic E-state index is 11.8. The minimum atomic E-state index is -0.216. The molecule has 2 aromatic heterocycles. The van der Waals surface area contributed by atoms with Crippen LogP contribution in [0.3, 0.4) is 0 Å². The SMILES string of the molecule is Cn1ncc(C#N)c1NC(=O)CCn1cc(Cl)cn1. The number of hydrogen-bond acceptors (Lipinski definition) is 4. The van der Waals surface area contributed by atoms with Gasteiger partial charge in [-0.1, -0.05) is 11.6 Å². The Hall–Kier alpha value is -2.33. The fraction of sp³-hybridized carbons (Fsp3) is 0.273. The molecule has 0 aliphatic carbocycles. The van der Waals surface area contributed by atoms with Crippen LogP contribution in [0.2, 0.25) is 5.02 Å². The molecule has 98 valence electrons. The number of anilines is 1. The zero-order chi connectivity index (χ0) is 13.8. The number of rotatable bonds is 4. The third-order valence-electron chi connectivity index (χ3n) is 2.49. The van der Waals surface area contributed by atoms with Gasteiger partial charge in [-0.3, -0.25) is 14.2 Å². The van der Waals surface area contributed by atoms with Crippen LogP contribution in [0.25, 0.3) is 0 Å². The third kappa shape index (κ3) is 3.11. The van der Waals surface area contributed by atoms with Crippen molar-refractivity contribution in [1.29, 1.82) is 5.26 Å². The highest BCUT2D eigenvalue weighted by molar-refractivity contribution is 6.30. The normalized spacial score (nSPS) is 10.2. The van der Waals surface area contributed by atoms with Crippen LogP contribution in [-0.2, 0) is 18.4 Å². The van der Waals surface area contributed by atoms with Gasteiger partial charge in [0.15, 0.2) is 0 Å². The summed E-state index contributed by atoms with van der Waals surface area (Å²) in [6, 6.07) is 1.97. The van der Waals surface area contributed by atoms with Gasteiger partial charge in [-0.05, 0) is 0 Å². The van der Waals surface area contributed by atoms with Crippen molar-refractivity contribution in [2.45, 2.75) is 13.0 Å². The Labute approximate surface area is 114 Å². The van der Waals surface area contributed by atoms with Crippen LogP contribution in [0.15, 0.2) is 18.6 Å². The molecule has 2 rings (SSSR count). The fourth-order valence-corrected chi connectivity index (χ4v) is 1.70. The molecule has 2 heterocycles. The first kappa shape index (κ1) is 13.1. The average Bonchev–Trinajstić information content (AvgIpc) is 2.95. The van der Waals surface area contributed by atoms with E-state index in [9.17, 15) is 4.79 Å². The summed E-state index contributed by atoms with van der Waals surface area (Å²) >= 11 is 5.72. The van der Waals surface area contributed by atoms with E-state index in [4.69, 9.17) is 16.9 Å². The number of hydrogen-bond donors (Lipinski definition) is 1. The maximum Gasteiger partial charge on any atom is 0.227 e. The van der Waals surface area contributed by atoms with Crippen molar-refractivity contribution in [2.75, 3.05) is 5.32 Å². The third-order valence-corrected chi connectivity index (χ3v) is 2.68. The highest BCUT2D eigenvalue weighted by Crippen LogP contribution is 2.13. The quantitative estimate of drug-likeness (QED) is 0.909. The van der Waals surface area contributed by atoms with Crippen LogP contribution in [0.1, 0.15) is 12.0 Å². The predicted octanol–water partition coefficient (Wildman–Crippen LogP) is 1.17. The molecule has 1 N–H and O–H groups in total. The lowest BCUT2D eigenvalue weighted by molar-refractivity contribution is -0.116. The number of nitriles is 1. The number of nitrogens with zero attached hydrogens (tertiary/aromatic N) is 5. The summed E-state index contributed by atoms with van der Waals surface area (Å²) < 4.78 is 3.03. The van der Waals surface area contributed by atoms with Gasteiger partial charge in [0.1, 0.15) is 17.5 Å². The van der Waals surface area contributed by atoms with Gasteiger partial charge in [0.2, 0.25) is 5.91 Å². The van der Waals surface area contributed by atoms with Crippen molar-refractivity contribution < 1.29 is 4.79 Å². The summed E-state index contributed by atoms with van der Waals surface area (Å²) in [5, 5.41) is 19.9. The van der Waals surface area contributed by atoms with Crippen LogP contribution in [-0.4, -0.2) is 25.5 Å². The van der Waals surface area contributed by atoms with Crippen LogP contribution in [0.5, 0.6) is 0 Å². The minimum Gasteiger partial charge on any atom is -0.310 e. The Morgan fingerprint density at radius 2 is 2.32 bits per heavy atom. The Morgan fingerprint density at radius 3 is 2.95 bits per heavy atom. The molecule has 0 aliphatic heterocycles. The lowest BCUT2D eigenvalue weighted by atomic mass is 10.3. The zero-order valence-electron chi connectivity index (χ0n) is 10.2. The maximum absolute atomic E-state index is 11.8. The van der Waals surface area contributed by atoms with Crippen molar-refractivity contribution in [3.63, 3.8) is 0 Å². The summed E-state index contributed by atoms with van der Waals surface area (Å²) in [6.45, 7) is 0.415. The topological polar surface area (TPSA) is 88.5 Å². The second kappa shape index (κ2) is 5.54. The zero-order valence-corrected chi connectivity index (χ0v) is 10.9. The van der Waals surface area contributed by atoms with E-state index in [1.54, 1.807) is 17.9 Å². The molecule has 0 saturated carbocycles. The van der Waals surface area contributed by atoms with Gasteiger partial charge in [-0.2, -0.15) is 15.5 Å². The molecule has 1 amide bonds. The number of carbonyl (C=O) groups is 1. The molecule has 2 aromatic rings. The minimum absolute atomic E-state index is 0.216. The summed E-state index contributed by atoms with van der Waals surface area (Å²) in [5.74, 6) is 0.178. The fourth-order valence-electron chi connectivity index (χ4n) is 1.54. The molecule has 0 atom stereocenters. The van der Waals surface area contributed by atoms with Crippen molar-refractivity contribution in [1.82, 2.24) is 19.6 Å². The van der Waals surface area contributed by atoms with Crippen molar-refractivity contribution in [2.24, 2.45) is 7.05 Å². The van der Waals surface area contributed by atoms with Crippen LogP contribution >= 0.6 is 11.6 Å². The highest BCUT2D eigenvalue weighted by Gasteiger charge is 2.11. The molecule has 7 nitrogen and oxygen atoms in total. The van der Waals surface area contributed by atoms with Crippen molar-refractivity contribution in [3.05, 3.63) is 29.2 Å². The van der Waals surface area contributed by atoms with E-state index < -0.39 is 0 Å². The Balaban J connectivity index is 1.94. The number of aryl methyl sites for hydroxylation is 2. The molecule has 0 spiro atoms. The Kier molecular flexibility index (Phi) is 3.82. The van der Waals surface area contributed by atoms with E-state index in [0.717, 1.165) is 0 Å². The number of nitrogens with one attached hydrogen (secondary N) is 1. The Morgan fingerprint density at radius 1 is 1.53 bits per heavy atom. The molecular formula is C11H11ClN6O. The molecule has 0 aliphatic rings. The largest absolute Gasteiger partial charge is 0.310 e. The van der Waals surface area contributed by atoms with Crippen LogP contribution in [0.4, 0.5) is 5.82 Å². The smallest absolute Gasteiger partial charge is 0.227 e. The predicted molar refractivity (Wildman–Crippen MR) is 68.4 cm³/mol. The van der Waals surface area contributed by atoms with Gasteiger partial charge < -0.3 is 5.32 Å². The Bertz CT molecular complexity index is 638. The summed E-state index contributed by atoms with van der Waals surface area (Å²) in [7, 11) is 1.66. The van der Waals surface area contributed by atoms with Crippen LogP contribution in [0, 0.1) is 11.3 Å². The van der Waals surface area contributed by atoms with E-state index in [0.29, 0.717) is 22.9 Å². The van der Waals surface area contributed by atoms with Crippen molar-refractivity contribution >= 4 is 23.3 Å². The van der Waals surface area contributed by atoms with E-state index in [1.807, 2.05) is 6.07 Å². The number of carbonyl (C=O) groups excluding carboxylic acids is 1. The molecule has 0 fully saturated rings. The monoisotopic (exact) mass is 278 g/mol. The van der Waals surface area contributed by atoms with E-state index in [2.05, 4.69) is 15.5 Å². The first-order chi connectivity index (χ1) is 9.10. The number of aromatic nitrogens is 4. The average molecular weight is 279 g/mol. The van der Waals surface area contributed by atoms with Gasteiger partial charge in [0, 0.05) is 26.2 Å². The second-order valence-electron chi connectivity index (χ2n) is 3.86. The number of halogens is 1. The van der Waals surface area contributed by atoms with E-state index in [1.165, 1.54) is 17.1 Å². The standard InChI is InChI=1S/C11H11ClN6O/c1-17-11(8(4-13)5-14-17)16-10(19)2-3-18-7-9(12)6-15-18/h5-7H,2-3H2,1H3,(H,16,19). The molecule has 19 heavy (non-hydrogen) atoms. The summed E-state index contributed by atoms with van der Waals surface area (Å²) in [4.78, 5) is 11.8. The lowest BCUT2D eigenvalue weighted by Crippen LogP contribution is -2.17. The van der Waals surface area contributed by atoms with Gasteiger partial charge in [-0.25, -0.2) is 0 Å². The molecular weight excluding hydrogens is 268 g/mol. The van der Waals surface area contributed by atoms with Gasteiger partial charge >= 0.3 is 0 Å². The van der Waals surface area contributed by atoms with Crippen LogP contribution < -0.4 is 5.32 Å². The number of amides is 1. The van der Waals surface area contributed by atoms with Gasteiger partial charge in [0.25, 0.3) is 0 Å². The van der Waals surface area contributed by atoms with E-state index >= 15 is 0 Å². The van der Waals surface area contributed by atoms with Gasteiger partial charge in [0.05, 0.1) is 17.4 Å². The highest BCUT2D eigenvalue weighted by atomic mass is 35.5. The molecule has 0 unspecified atom stereocenters. The molecule has 0 aromatic carbocycles. The second-order valence-corrected chi connectivity index (χ2v) is 4.30. The lowest BCUT2D eigenvalue weighted by Gasteiger charge is -2.06. The molecule has 0 radical (unpaired) electrons. The first-order valence-electron chi connectivity index (χ1n) is 5.50.